The number of amides is 1. The largest absolute Gasteiger partial charge is 0.497 e. The molecule has 0 atom stereocenters. The van der Waals surface area contributed by atoms with Gasteiger partial charge in [-0.2, -0.15) is 0 Å². The number of ether oxygens (including phenoxy) is 2. The third-order valence-corrected chi connectivity index (χ3v) is 2.78. The van der Waals surface area contributed by atoms with Gasteiger partial charge in [-0.1, -0.05) is 12.1 Å². The zero-order valence-corrected chi connectivity index (χ0v) is 11.6. The van der Waals surface area contributed by atoms with Crippen LogP contribution in [0.25, 0.3) is 0 Å². The van der Waals surface area contributed by atoms with Gasteiger partial charge in [0.25, 0.3) is 5.91 Å². The average Bonchev–Trinajstić information content (AvgIpc) is 2.49. The first-order valence-electron chi connectivity index (χ1n) is 6.42. The lowest BCUT2D eigenvalue weighted by Gasteiger charge is -2.10. The van der Waals surface area contributed by atoms with Crippen LogP contribution < -0.4 is 14.8 Å². The van der Waals surface area contributed by atoms with Gasteiger partial charge < -0.3 is 14.8 Å². The van der Waals surface area contributed by atoms with Crippen LogP contribution in [0.3, 0.4) is 0 Å². The van der Waals surface area contributed by atoms with E-state index in [1.165, 1.54) is 0 Å². The molecule has 1 N–H and O–H groups in total. The van der Waals surface area contributed by atoms with E-state index < -0.39 is 0 Å². The summed E-state index contributed by atoms with van der Waals surface area (Å²) in [6.07, 6.45) is 0. The third kappa shape index (κ3) is 3.29. The number of hydrogen-bond donors (Lipinski definition) is 1. The maximum absolute atomic E-state index is 12.2. The standard InChI is InChI=1S/C16H17NO3/c1-3-20-15-7-5-4-6-14(15)16(18)17-12-8-10-13(19-2)11-9-12/h4-11H,3H2,1-2H3,(H,17,18). The highest BCUT2D eigenvalue weighted by molar-refractivity contribution is 6.06. The molecule has 2 aromatic carbocycles. The Bertz CT molecular complexity index is 579. The predicted molar refractivity (Wildman–Crippen MR) is 78.6 cm³/mol. The van der Waals surface area contributed by atoms with Crippen LogP contribution in [0, 0.1) is 0 Å². The minimum atomic E-state index is -0.195. The molecule has 0 heterocycles. The SMILES string of the molecule is CCOc1ccccc1C(=O)Nc1ccc(OC)cc1. The Balaban J connectivity index is 2.15. The summed E-state index contributed by atoms with van der Waals surface area (Å²) in [5, 5.41) is 2.83. The second kappa shape index (κ2) is 6.61. The predicted octanol–water partition coefficient (Wildman–Crippen LogP) is 3.35. The van der Waals surface area contributed by atoms with Crippen LogP contribution in [-0.2, 0) is 0 Å². The van der Waals surface area contributed by atoms with Gasteiger partial charge >= 0.3 is 0 Å². The molecule has 0 aromatic heterocycles. The first-order valence-corrected chi connectivity index (χ1v) is 6.42. The molecular weight excluding hydrogens is 254 g/mol. The van der Waals surface area contributed by atoms with E-state index in [9.17, 15) is 4.79 Å². The Hall–Kier alpha value is -2.49. The van der Waals surface area contributed by atoms with Gasteiger partial charge in [0.15, 0.2) is 0 Å². The molecule has 0 spiro atoms. The van der Waals surface area contributed by atoms with Gasteiger partial charge in [0.2, 0.25) is 0 Å². The Morgan fingerprint density at radius 2 is 1.80 bits per heavy atom. The minimum absolute atomic E-state index is 0.195. The van der Waals surface area contributed by atoms with E-state index in [1.54, 1.807) is 43.5 Å². The van der Waals surface area contributed by atoms with E-state index in [-0.39, 0.29) is 5.91 Å². The maximum atomic E-state index is 12.2. The van der Waals surface area contributed by atoms with Crippen molar-refractivity contribution in [2.75, 3.05) is 19.0 Å². The van der Waals surface area contributed by atoms with Crippen LogP contribution in [0.2, 0.25) is 0 Å². The van der Waals surface area contributed by atoms with Crippen molar-refractivity contribution in [2.24, 2.45) is 0 Å². The fourth-order valence-corrected chi connectivity index (χ4v) is 1.81. The maximum Gasteiger partial charge on any atom is 0.259 e. The van der Waals surface area contributed by atoms with Crippen molar-refractivity contribution in [1.29, 1.82) is 0 Å². The topological polar surface area (TPSA) is 47.6 Å². The number of methoxy groups -OCH3 is 1. The van der Waals surface area contributed by atoms with Gasteiger partial charge in [-0.3, -0.25) is 4.79 Å². The number of hydrogen-bond acceptors (Lipinski definition) is 3. The van der Waals surface area contributed by atoms with Crippen LogP contribution in [0.4, 0.5) is 5.69 Å². The van der Waals surface area contributed by atoms with Crippen LogP contribution in [-0.4, -0.2) is 19.6 Å². The van der Waals surface area contributed by atoms with Crippen LogP contribution in [0.5, 0.6) is 11.5 Å². The molecule has 0 saturated heterocycles. The molecule has 0 aliphatic heterocycles. The summed E-state index contributed by atoms with van der Waals surface area (Å²) in [4.78, 5) is 12.2. The number of anilines is 1. The van der Waals surface area contributed by atoms with Crippen molar-refractivity contribution in [3.8, 4) is 11.5 Å². The number of carbonyl (C=O) groups is 1. The summed E-state index contributed by atoms with van der Waals surface area (Å²) < 4.78 is 10.5. The second-order valence-electron chi connectivity index (χ2n) is 4.11. The molecule has 4 heteroatoms. The third-order valence-electron chi connectivity index (χ3n) is 2.78. The molecule has 20 heavy (non-hydrogen) atoms. The summed E-state index contributed by atoms with van der Waals surface area (Å²) in [6, 6.07) is 14.4. The summed E-state index contributed by atoms with van der Waals surface area (Å²) in [5.41, 5.74) is 1.23. The molecule has 0 aliphatic rings. The molecule has 0 unspecified atom stereocenters. The zero-order valence-electron chi connectivity index (χ0n) is 11.6. The van der Waals surface area contributed by atoms with Crippen LogP contribution in [0.15, 0.2) is 48.5 Å². The molecule has 0 radical (unpaired) electrons. The number of benzene rings is 2. The van der Waals surface area contributed by atoms with E-state index >= 15 is 0 Å². The molecule has 0 bridgehead atoms. The zero-order chi connectivity index (χ0) is 14.4. The quantitative estimate of drug-likeness (QED) is 0.907. The molecule has 1 amide bonds. The fraction of sp³-hybridized carbons (Fsp3) is 0.188. The van der Waals surface area contributed by atoms with E-state index in [2.05, 4.69) is 5.32 Å². The van der Waals surface area contributed by atoms with E-state index in [0.29, 0.717) is 23.6 Å². The van der Waals surface area contributed by atoms with Crippen LogP contribution >= 0.6 is 0 Å². The van der Waals surface area contributed by atoms with Crippen molar-refractivity contribution in [2.45, 2.75) is 6.92 Å². The molecule has 0 saturated carbocycles. The molecule has 4 nitrogen and oxygen atoms in total. The number of nitrogens with one attached hydrogen (secondary N) is 1. The molecule has 2 aromatic rings. The van der Waals surface area contributed by atoms with Crippen molar-refractivity contribution in [1.82, 2.24) is 0 Å². The van der Waals surface area contributed by atoms with Gasteiger partial charge in [-0.15, -0.1) is 0 Å². The van der Waals surface area contributed by atoms with E-state index in [1.807, 2.05) is 19.1 Å². The number of rotatable bonds is 5. The second-order valence-corrected chi connectivity index (χ2v) is 4.11. The fourth-order valence-electron chi connectivity index (χ4n) is 1.81. The highest BCUT2D eigenvalue weighted by Crippen LogP contribution is 2.20. The molecule has 104 valence electrons. The number of para-hydroxylation sites is 1. The lowest BCUT2D eigenvalue weighted by Crippen LogP contribution is -2.13. The average molecular weight is 271 g/mol. The summed E-state index contributed by atoms with van der Waals surface area (Å²) >= 11 is 0. The normalized spacial score (nSPS) is 9.90. The Labute approximate surface area is 118 Å². The van der Waals surface area contributed by atoms with Gasteiger partial charge in [0, 0.05) is 5.69 Å². The molecular formula is C16H17NO3. The van der Waals surface area contributed by atoms with Gasteiger partial charge in [0.05, 0.1) is 19.3 Å². The highest BCUT2D eigenvalue weighted by Gasteiger charge is 2.11. The summed E-state index contributed by atoms with van der Waals surface area (Å²) in [6.45, 7) is 2.41. The molecule has 2 rings (SSSR count). The highest BCUT2D eigenvalue weighted by atomic mass is 16.5. The summed E-state index contributed by atoms with van der Waals surface area (Å²) in [5.74, 6) is 1.14. The smallest absolute Gasteiger partial charge is 0.259 e. The van der Waals surface area contributed by atoms with Gasteiger partial charge in [0.1, 0.15) is 11.5 Å². The van der Waals surface area contributed by atoms with Crippen molar-refractivity contribution in [3.63, 3.8) is 0 Å². The monoisotopic (exact) mass is 271 g/mol. The minimum Gasteiger partial charge on any atom is -0.497 e. The molecule has 0 fully saturated rings. The van der Waals surface area contributed by atoms with Crippen molar-refractivity contribution >= 4 is 11.6 Å². The lowest BCUT2D eigenvalue weighted by molar-refractivity contribution is 0.102. The summed E-state index contributed by atoms with van der Waals surface area (Å²) in [7, 11) is 1.60. The van der Waals surface area contributed by atoms with Crippen LogP contribution in [0.1, 0.15) is 17.3 Å². The van der Waals surface area contributed by atoms with E-state index in [0.717, 1.165) is 5.75 Å². The molecule has 0 aliphatic carbocycles. The van der Waals surface area contributed by atoms with Crippen molar-refractivity contribution in [3.05, 3.63) is 54.1 Å². The van der Waals surface area contributed by atoms with Crippen molar-refractivity contribution < 1.29 is 14.3 Å². The Kier molecular flexibility index (Phi) is 4.60. The van der Waals surface area contributed by atoms with E-state index in [4.69, 9.17) is 9.47 Å². The Morgan fingerprint density at radius 3 is 2.45 bits per heavy atom. The number of carbonyl (C=O) groups excluding carboxylic acids is 1. The van der Waals surface area contributed by atoms with Gasteiger partial charge in [-0.05, 0) is 43.3 Å². The Morgan fingerprint density at radius 1 is 1.10 bits per heavy atom. The first-order chi connectivity index (χ1) is 9.74. The van der Waals surface area contributed by atoms with Gasteiger partial charge in [-0.25, -0.2) is 0 Å². The lowest BCUT2D eigenvalue weighted by atomic mass is 10.2. The first kappa shape index (κ1) is 13.9.